The molecule has 0 aliphatic carbocycles. The number of carbonyl (C=O) groups excluding carboxylic acids is 1. The van der Waals surface area contributed by atoms with Crippen LogP contribution in [0.3, 0.4) is 0 Å². The van der Waals surface area contributed by atoms with Crippen molar-refractivity contribution in [3.8, 4) is 11.3 Å². The third-order valence-electron chi connectivity index (χ3n) is 5.17. The molecule has 4 rings (SSSR count). The van der Waals surface area contributed by atoms with Gasteiger partial charge in [0.2, 0.25) is 0 Å². The molecule has 1 N–H and O–H groups in total. The van der Waals surface area contributed by atoms with Crippen LogP contribution in [0.15, 0.2) is 53.4 Å². The molecule has 4 nitrogen and oxygen atoms in total. The Bertz CT molecular complexity index is 982. The molecule has 0 saturated carbocycles. The van der Waals surface area contributed by atoms with Gasteiger partial charge in [0.05, 0.1) is 11.7 Å². The molecule has 28 heavy (non-hydrogen) atoms. The van der Waals surface area contributed by atoms with E-state index in [0.29, 0.717) is 10.7 Å². The molecule has 144 valence electrons. The monoisotopic (exact) mass is 411 g/mol. The zero-order chi connectivity index (χ0) is 19.7. The van der Waals surface area contributed by atoms with E-state index >= 15 is 0 Å². The lowest BCUT2D eigenvalue weighted by Gasteiger charge is -2.26. The molecule has 1 atom stereocenters. The maximum atomic E-state index is 13.1. The van der Waals surface area contributed by atoms with Gasteiger partial charge in [0.1, 0.15) is 5.69 Å². The van der Waals surface area contributed by atoms with E-state index in [0.717, 1.165) is 41.8 Å². The molecule has 1 aliphatic heterocycles. The van der Waals surface area contributed by atoms with E-state index in [9.17, 15) is 4.79 Å². The smallest absolute Gasteiger partial charge is 0.273 e. The second-order valence-electron chi connectivity index (χ2n) is 6.90. The summed E-state index contributed by atoms with van der Waals surface area (Å²) in [6.07, 6.45) is 4.08. The van der Waals surface area contributed by atoms with Gasteiger partial charge in [0.15, 0.2) is 0 Å². The molecular formula is C22H22ClN3OS. The molecule has 6 heteroatoms. The Kier molecular flexibility index (Phi) is 5.47. The summed E-state index contributed by atoms with van der Waals surface area (Å²) in [6, 6.07) is 15.9. The number of aromatic amines is 1. The van der Waals surface area contributed by atoms with E-state index in [-0.39, 0.29) is 11.9 Å². The van der Waals surface area contributed by atoms with E-state index in [2.05, 4.69) is 47.6 Å². The lowest BCUT2D eigenvalue weighted by atomic mass is 9.96. The maximum absolute atomic E-state index is 13.1. The Hall–Kier alpha value is -2.24. The molecule has 1 amide bonds. The number of benzene rings is 2. The first-order valence-electron chi connectivity index (χ1n) is 9.43. The van der Waals surface area contributed by atoms with Crippen molar-refractivity contribution in [3.05, 3.63) is 70.4 Å². The van der Waals surface area contributed by atoms with Crippen LogP contribution >= 0.6 is 23.4 Å². The third kappa shape index (κ3) is 3.33. The van der Waals surface area contributed by atoms with Gasteiger partial charge < -0.3 is 4.90 Å². The van der Waals surface area contributed by atoms with Gasteiger partial charge in [0.25, 0.3) is 5.91 Å². The third-order valence-corrected chi connectivity index (χ3v) is 6.16. The number of hydrogen-bond donors (Lipinski definition) is 1. The van der Waals surface area contributed by atoms with E-state index in [4.69, 9.17) is 11.6 Å². The Balaban J connectivity index is 1.83. The molecular weight excluding hydrogens is 390 g/mol. The lowest BCUT2D eigenvalue weighted by Crippen LogP contribution is -2.30. The minimum atomic E-state index is -0.130. The minimum Gasteiger partial charge on any atom is -0.326 e. The highest BCUT2D eigenvalue weighted by Gasteiger charge is 2.41. The van der Waals surface area contributed by atoms with Gasteiger partial charge in [-0.25, -0.2) is 0 Å². The predicted octanol–water partition coefficient (Wildman–Crippen LogP) is 5.80. The Morgan fingerprint density at radius 2 is 1.86 bits per heavy atom. The highest BCUT2D eigenvalue weighted by atomic mass is 35.5. The summed E-state index contributed by atoms with van der Waals surface area (Å²) in [5.74, 6) is 0.0232. The second-order valence-corrected chi connectivity index (χ2v) is 8.21. The van der Waals surface area contributed by atoms with Crippen LogP contribution in [-0.2, 0) is 0 Å². The summed E-state index contributed by atoms with van der Waals surface area (Å²) in [5, 5.41) is 8.17. The van der Waals surface area contributed by atoms with Crippen LogP contribution < -0.4 is 0 Å². The Labute approximate surface area is 174 Å². The number of halogens is 1. The van der Waals surface area contributed by atoms with Crippen LogP contribution in [0, 0.1) is 0 Å². The fourth-order valence-corrected chi connectivity index (χ4v) is 4.25. The van der Waals surface area contributed by atoms with Crippen LogP contribution in [0.25, 0.3) is 11.3 Å². The molecule has 1 aliphatic rings. The molecule has 1 unspecified atom stereocenters. The van der Waals surface area contributed by atoms with Crippen molar-refractivity contribution >= 4 is 29.3 Å². The number of fused-ring (bicyclic) bond motifs is 1. The summed E-state index contributed by atoms with van der Waals surface area (Å²) in [4.78, 5) is 16.3. The van der Waals surface area contributed by atoms with E-state index in [1.807, 2.05) is 29.2 Å². The van der Waals surface area contributed by atoms with Crippen molar-refractivity contribution in [2.75, 3.05) is 12.8 Å². The zero-order valence-electron chi connectivity index (χ0n) is 15.9. The molecule has 0 bridgehead atoms. The zero-order valence-corrected chi connectivity index (χ0v) is 17.5. The average molecular weight is 412 g/mol. The summed E-state index contributed by atoms with van der Waals surface area (Å²) < 4.78 is 0. The molecule has 0 fully saturated rings. The van der Waals surface area contributed by atoms with E-state index < -0.39 is 0 Å². The van der Waals surface area contributed by atoms with Crippen molar-refractivity contribution < 1.29 is 4.79 Å². The van der Waals surface area contributed by atoms with E-state index in [1.54, 1.807) is 11.8 Å². The van der Waals surface area contributed by atoms with Gasteiger partial charge in [0, 0.05) is 27.6 Å². The summed E-state index contributed by atoms with van der Waals surface area (Å²) in [6.45, 7) is 2.87. The normalized spacial score (nSPS) is 15.9. The predicted molar refractivity (Wildman–Crippen MR) is 115 cm³/mol. The number of H-pyrrole nitrogens is 1. The first kappa shape index (κ1) is 19.1. The number of thioether (sulfide) groups is 1. The summed E-state index contributed by atoms with van der Waals surface area (Å²) in [5.41, 5.74) is 4.44. The quantitative estimate of drug-likeness (QED) is 0.521. The molecule has 0 saturated heterocycles. The number of aromatic nitrogens is 2. The Morgan fingerprint density at radius 3 is 2.50 bits per heavy atom. The number of carbonyl (C=O) groups is 1. The van der Waals surface area contributed by atoms with Gasteiger partial charge in [-0.05, 0) is 42.5 Å². The van der Waals surface area contributed by atoms with Crippen LogP contribution in [0.4, 0.5) is 0 Å². The van der Waals surface area contributed by atoms with Gasteiger partial charge in [-0.15, -0.1) is 11.8 Å². The first-order chi connectivity index (χ1) is 13.6. The first-order valence-corrected chi connectivity index (χ1v) is 11.0. The number of nitrogens with one attached hydrogen (secondary N) is 1. The molecule has 3 aromatic rings. The lowest BCUT2D eigenvalue weighted by molar-refractivity contribution is 0.0741. The van der Waals surface area contributed by atoms with Crippen LogP contribution in [0.2, 0.25) is 5.02 Å². The van der Waals surface area contributed by atoms with Crippen molar-refractivity contribution in [1.82, 2.24) is 15.1 Å². The fourth-order valence-electron chi connectivity index (χ4n) is 3.72. The van der Waals surface area contributed by atoms with Crippen molar-refractivity contribution in [3.63, 3.8) is 0 Å². The van der Waals surface area contributed by atoms with E-state index in [1.165, 1.54) is 4.90 Å². The molecule has 0 spiro atoms. The van der Waals surface area contributed by atoms with Crippen LogP contribution in [0.5, 0.6) is 0 Å². The van der Waals surface area contributed by atoms with Gasteiger partial charge in [-0.2, -0.15) is 5.10 Å². The standard InChI is InChI=1S/C22H22ClN3OS/c1-3-4-13-26-21(15-7-11-17(28-2)12-8-15)18-19(24-25-20(18)22(26)27)14-5-9-16(23)10-6-14/h5-12,21H,3-4,13H2,1-2H3,(H,24,25). The number of amides is 1. The van der Waals surface area contributed by atoms with Gasteiger partial charge in [-0.1, -0.05) is 49.2 Å². The fraction of sp³-hybridized carbons (Fsp3) is 0.273. The SMILES string of the molecule is CCCCN1C(=O)c2[nH]nc(-c3ccc(Cl)cc3)c2C1c1ccc(SC)cc1. The summed E-state index contributed by atoms with van der Waals surface area (Å²) in [7, 11) is 0. The second kappa shape index (κ2) is 8.02. The van der Waals surface area contributed by atoms with Gasteiger partial charge in [-0.3, -0.25) is 9.89 Å². The van der Waals surface area contributed by atoms with Gasteiger partial charge >= 0.3 is 0 Å². The number of nitrogens with zero attached hydrogens (tertiary/aromatic N) is 2. The highest BCUT2D eigenvalue weighted by Crippen LogP contribution is 2.43. The summed E-state index contributed by atoms with van der Waals surface area (Å²) >= 11 is 7.77. The average Bonchev–Trinajstić information content (AvgIpc) is 3.26. The highest BCUT2D eigenvalue weighted by molar-refractivity contribution is 7.98. The van der Waals surface area contributed by atoms with Crippen molar-refractivity contribution in [2.45, 2.75) is 30.7 Å². The topological polar surface area (TPSA) is 49.0 Å². The Morgan fingerprint density at radius 1 is 1.14 bits per heavy atom. The van der Waals surface area contributed by atoms with Crippen LogP contribution in [-0.4, -0.2) is 33.8 Å². The van der Waals surface area contributed by atoms with Crippen molar-refractivity contribution in [1.29, 1.82) is 0 Å². The molecule has 2 heterocycles. The molecule has 1 aromatic heterocycles. The molecule has 2 aromatic carbocycles. The number of rotatable bonds is 6. The maximum Gasteiger partial charge on any atom is 0.273 e. The van der Waals surface area contributed by atoms with Crippen molar-refractivity contribution in [2.24, 2.45) is 0 Å². The number of unbranched alkanes of at least 4 members (excludes halogenated alkanes) is 1. The van der Waals surface area contributed by atoms with Crippen LogP contribution in [0.1, 0.15) is 47.4 Å². The number of hydrogen-bond acceptors (Lipinski definition) is 3. The largest absolute Gasteiger partial charge is 0.326 e. The molecule has 0 radical (unpaired) electrons. The minimum absolute atomic E-state index is 0.0232.